The van der Waals surface area contributed by atoms with Crippen LogP contribution < -0.4 is 17.7 Å². The van der Waals surface area contributed by atoms with E-state index in [9.17, 15) is 0 Å². The number of hydrogen-bond donors (Lipinski definition) is 1. The Hall–Kier alpha value is -0.0100. The van der Waals surface area contributed by atoms with E-state index in [1.165, 1.54) is 70.0 Å². The van der Waals surface area contributed by atoms with Gasteiger partial charge in [-0.15, -0.1) is 0 Å². The fourth-order valence-electron chi connectivity index (χ4n) is 1.86. The summed E-state index contributed by atoms with van der Waals surface area (Å²) in [4.78, 5) is 0. The number of rotatable bonds is 11. The van der Waals surface area contributed by atoms with Crippen LogP contribution in [0.2, 0.25) is 0 Å². The molecule has 0 aliphatic rings. The smallest absolute Gasteiger partial charge is 0.0944 e. The number of nitrogens with two attached hydrogens (primary N) is 1. The van der Waals surface area contributed by atoms with E-state index in [-0.39, 0.29) is 12.4 Å². The number of quaternary nitrogens is 1. The van der Waals surface area contributed by atoms with E-state index in [1.54, 1.807) is 0 Å². The van der Waals surface area contributed by atoms with Gasteiger partial charge >= 0.3 is 0 Å². The molecule has 0 aliphatic carbocycles. The number of unbranched alkanes of at least 4 members (excludes halogenated alkanes) is 7. The van der Waals surface area contributed by atoms with Gasteiger partial charge in [-0.05, 0) is 32.8 Å². The van der Waals surface area contributed by atoms with Crippen molar-refractivity contribution >= 4 is 0 Å². The molecule has 0 unspecified atom stereocenters. The second-order valence-electron chi connectivity index (χ2n) is 5.07. The van der Waals surface area contributed by atoms with E-state index in [4.69, 9.17) is 0 Å². The van der Waals surface area contributed by atoms with Crippen LogP contribution in [0.4, 0.5) is 0 Å². The first kappa shape index (κ1) is 19.3. The zero-order chi connectivity index (χ0) is 12.1. The topological polar surface area (TPSA) is 16.6 Å². The monoisotopic (exact) mass is 261 g/mol. The van der Waals surface area contributed by atoms with Gasteiger partial charge in [-0.1, -0.05) is 51.0 Å². The summed E-state index contributed by atoms with van der Waals surface area (Å²) >= 11 is 0. The van der Waals surface area contributed by atoms with Crippen molar-refractivity contribution < 1.29 is 17.7 Å². The molecular formula is C15H32ClN. The molecule has 2 N–H and O–H groups in total. The van der Waals surface area contributed by atoms with Crippen molar-refractivity contribution in [3.05, 3.63) is 11.6 Å². The summed E-state index contributed by atoms with van der Waals surface area (Å²) in [6.45, 7) is 9.09. The summed E-state index contributed by atoms with van der Waals surface area (Å²) in [6, 6.07) is 0. The van der Waals surface area contributed by atoms with Crippen molar-refractivity contribution in [1.82, 2.24) is 0 Å². The molecule has 0 aromatic carbocycles. The van der Waals surface area contributed by atoms with Gasteiger partial charge in [0.2, 0.25) is 0 Å². The molecule has 0 spiro atoms. The highest BCUT2D eigenvalue weighted by molar-refractivity contribution is 4.91. The van der Waals surface area contributed by atoms with Gasteiger partial charge in [0.1, 0.15) is 0 Å². The maximum absolute atomic E-state index is 2.42. The van der Waals surface area contributed by atoms with Gasteiger partial charge in [0.15, 0.2) is 0 Å². The second-order valence-corrected chi connectivity index (χ2v) is 5.07. The highest BCUT2D eigenvalue weighted by atomic mass is 35.5. The van der Waals surface area contributed by atoms with Crippen LogP contribution >= 0.6 is 0 Å². The first-order valence-electron chi connectivity index (χ1n) is 7.22. The Morgan fingerprint density at radius 3 is 1.94 bits per heavy atom. The van der Waals surface area contributed by atoms with Crippen LogP contribution in [-0.2, 0) is 0 Å². The van der Waals surface area contributed by atoms with Crippen LogP contribution in [0.25, 0.3) is 0 Å². The largest absolute Gasteiger partial charge is 1.00 e. The van der Waals surface area contributed by atoms with E-state index in [2.05, 4.69) is 32.2 Å². The SMILES string of the molecule is CCCCCCCCCC[NH2+]CC=C(C)C.[Cl-]. The molecule has 0 fully saturated rings. The van der Waals surface area contributed by atoms with Gasteiger partial charge in [0, 0.05) is 0 Å². The Bertz CT molecular complexity index is 162. The number of hydrogen-bond acceptors (Lipinski definition) is 0. The zero-order valence-corrected chi connectivity index (χ0v) is 12.9. The Kier molecular flexibility index (Phi) is 18.2. The van der Waals surface area contributed by atoms with Crippen LogP contribution in [-0.4, -0.2) is 13.1 Å². The summed E-state index contributed by atoms with van der Waals surface area (Å²) in [5.41, 5.74) is 1.44. The summed E-state index contributed by atoms with van der Waals surface area (Å²) in [5, 5.41) is 2.42. The van der Waals surface area contributed by atoms with Crippen molar-refractivity contribution in [2.45, 2.75) is 72.1 Å². The van der Waals surface area contributed by atoms with Gasteiger partial charge in [0.05, 0.1) is 13.1 Å². The van der Waals surface area contributed by atoms with Gasteiger partial charge < -0.3 is 17.7 Å². The first-order valence-corrected chi connectivity index (χ1v) is 7.22. The lowest BCUT2D eigenvalue weighted by Crippen LogP contribution is -3.00. The van der Waals surface area contributed by atoms with Crippen molar-refractivity contribution in [3.8, 4) is 0 Å². The van der Waals surface area contributed by atoms with Crippen LogP contribution in [0.3, 0.4) is 0 Å². The standard InChI is InChI=1S/C15H31N.ClH/c1-4-5-6-7-8-9-10-11-13-16-14-12-15(2)3;/h12,16H,4-11,13-14H2,1-3H3;1H. The minimum atomic E-state index is 0. The molecular weight excluding hydrogens is 230 g/mol. The molecule has 1 nitrogen and oxygen atoms in total. The average Bonchev–Trinajstić information content (AvgIpc) is 2.25. The predicted molar refractivity (Wildman–Crippen MR) is 73.7 cm³/mol. The van der Waals surface area contributed by atoms with E-state index >= 15 is 0 Å². The first-order chi connectivity index (χ1) is 7.77. The van der Waals surface area contributed by atoms with Crippen LogP contribution in [0.5, 0.6) is 0 Å². The molecule has 0 bridgehead atoms. The quantitative estimate of drug-likeness (QED) is 0.416. The molecule has 0 aromatic rings. The van der Waals surface area contributed by atoms with Gasteiger partial charge in [-0.25, -0.2) is 0 Å². The third kappa shape index (κ3) is 18.5. The lowest BCUT2D eigenvalue weighted by atomic mass is 10.1. The third-order valence-corrected chi connectivity index (χ3v) is 2.95. The summed E-state index contributed by atoms with van der Waals surface area (Å²) < 4.78 is 0. The Balaban J connectivity index is 0. The predicted octanol–water partition coefficient (Wildman–Crippen LogP) is 0.661. The van der Waals surface area contributed by atoms with Gasteiger partial charge in [0.25, 0.3) is 0 Å². The molecule has 104 valence electrons. The lowest BCUT2D eigenvalue weighted by Gasteiger charge is -2.01. The molecule has 0 saturated heterocycles. The molecule has 0 aliphatic heterocycles. The van der Waals surface area contributed by atoms with Crippen molar-refractivity contribution in [3.63, 3.8) is 0 Å². The van der Waals surface area contributed by atoms with Crippen LogP contribution in [0, 0.1) is 0 Å². The maximum Gasteiger partial charge on any atom is 0.0944 e. The lowest BCUT2D eigenvalue weighted by molar-refractivity contribution is -0.646. The van der Waals surface area contributed by atoms with Gasteiger partial charge in [-0.2, -0.15) is 0 Å². The van der Waals surface area contributed by atoms with Crippen LogP contribution in [0.15, 0.2) is 11.6 Å². The molecule has 0 heterocycles. The Labute approximate surface area is 115 Å². The fourth-order valence-corrected chi connectivity index (χ4v) is 1.86. The number of allylic oxidation sites excluding steroid dienone is 1. The average molecular weight is 262 g/mol. The fraction of sp³-hybridized carbons (Fsp3) is 0.867. The maximum atomic E-state index is 2.42. The Morgan fingerprint density at radius 2 is 1.41 bits per heavy atom. The van der Waals surface area contributed by atoms with Gasteiger partial charge in [-0.3, -0.25) is 0 Å². The summed E-state index contributed by atoms with van der Waals surface area (Å²) in [6.07, 6.45) is 13.7. The number of halogens is 1. The van der Waals surface area contributed by atoms with Crippen LogP contribution in [0.1, 0.15) is 72.1 Å². The minimum absolute atomic E-state index is 0. The third-order valence-electron chi connectivity index (χ3n) is 2.95. The van der Waals surface area contributed by atoms with Crippen molar-refractivity contribution in [2.75, 3.05) is 13.1 Å². The minimum Gasteiger partial charge on any atom is -1.00 e. The second kappa shape index (κ2) is 16.0. The highest BCUT2D eigenvalue weighted by Gasteiger charge is 1.92. The molecule has 0 aromatic heterocycles. The molecule has 17 heavy (non-hydrogen) atoms. The molecule has 0 amide bonds. The molecule has 0 saturated carbocycles. The highest BCUT2D eigenvalue weighted by Crippen LogP contribution is 2.07. The normalized spacial score (nSPS) is 9.82. The molecule has 0 radical (unpaired) electrons. The summed E-state index contributed by atoms with van der Waals surface area (Å²) in [5.74, 6) is 0. The van der Waals surface area contributed by atoms with Crippen molar-refractivity contribution in [2.24, 2.45) is 0 Å². The molecule has 2 heteroatoms. The van der Waals surface area contributed by atoms with E-state index in [0.29, 0.717) is 0 Å². The summed E-state index contributed by atoms with van der Waals surface area (Å²) in [7, 11) is 0. The van der Waals surface area contributed by atoms with E-state index in [1.807, 2.05) is 0 Å². The van der Waals surface area contributed by atoms with Crippen molar-refractivity contribution in [1.29, 1.82) is 0 Å². The molecule has 0 rings (SSSR count). The zero-order valence-electron chi connectivity index (χ0n) is 12.1. The molecule has 0 atom stereocenters. The van der Waals surface area contributed by atoms with E-state index < -0.39 is 0 Å². The van der Waals surface area contributed by atoms with E-state index in [0.717, 1.165) is 0 Å². The Morgan fingerprint density at radius 1 is 0.882 bits per heavy atom.